The Balaban J connectivity index is 1.33. The average molecular weight is 544 g/mol. The molecular weight excluding hydrogens is 510 g/mol. The zero-order chi connectivity index (χ0) is 26.3. The second kappa shape index (κ2) is 10.3. The minimum atomic E-state index is -3.62. The molecule has 1 amide bonds. The van der Waals surface area contributed by atoms with Crippen molar-refractivity contribution < 1.29 is 17.6 Å². The number of nitrogens with zero attached hydrogens (tertiary/aromatic N) is 4. The van der Waals surface area contributed by atoms with Crippen LogP contribution in [0.25, 0.3) is 11.6 Å². The number of benzene rings is 1. The van der Waals surface area contributed by atoms with Crippen molar-refractivity contribution >= 4 is 33.4 Å². The number of carbonyl (C=O) groups excluding carboxylic acids is 1. The molecule has 198 valence electrons. The monoisotopic (exact) mass is 543 g/mol. The summed E-state index contributed by atoms with van der Waals surface area (Å²) in [5.74, 6) is 3.31. The van der Waals surface area contributed by atoms with Crippen molar-refractivity contribution in [1.82, 2.24) is 19.1 Å². The number of rotatable bonds is 9. The second-order valence-electron chi connectivity index (χ2n) is 10.3. The summed E-state index contributed by atoms with van der Waals surface area (Å²) in [5, 5.41) is 12.4. The molecule has 9 nitrogen and oxygen atoms in total. The van der Waals surface area contributed by atoms with Gasteiger partial charge in [0.15, 0.2) is 10.9 Å². The van der Waals surface area contributed by atoms with E-state index in [1.807, 2.05) is 12.1 Å². The first kappa shape index (κ1) is 26.0. The number of fused-ring (bicyclic) bond motifs is 2. The van der Waals surface area contributed by atoms with Gasteiger partial charge in [0.25, 0.3) is 0 Å². The number of amides is 1. The quantitative estimate of drug-likeness (QED) is 0.385. The van der Waals surface area contributed by atoms with Gasteiger partial charge < -0.3 is 9.73 Å². The van der Waals surface area contributed by atoms with Gasteiger partial charge in [-0.25, -0.2) is 12.7 Å². The normalized spacial score (nSPS) is 22.0. The topological polar surface area (TPSA) is 110 Å². The summed E-state index contributed by atoms with van der Waals surface area (Å²) in [6.45, 7) is 3.96. The highest BCUT2D eigenvalue weighted by Crippen LogP contribution is 2.53. The van der Waals surface area contributed by atoms with E-state index in [1.165, 1.54) is 57.6 Å². The standard InChI is InChI=1S/C26H33N5O4S2/c1-16-7-10-20(14-23(16)37(33,34)30(3)4)27-24(32)15-36-26-29-28-25(22-6-5-11-35-22)31(26)17(2)21-13-18-8-9-19(21)12-18/h5-7,10-11,14,17-19,21H,8-9,12-13,15H2,1-4H3,(H,27,32)/t17-,18+,19+,21+/m1/s1. The van der Waals surface area contributed by atoms with E-state index < -0.39 is 10.0 Å². The molecule has 3 aromatic rings. The number of nitrogens with one attached hydrogen (secondary N) is 1. The van der Waals surface area contributed by atoms with Crippen molar-refractivity contribution in [2.24, 2.45) is 17.8 Å². The van der Waals surface area contributed by atoms with Crippen LogP contribution in [0.5, 0.6) is 0 Å². The predicted octanol–water partition coefficient (Wildman–Crippen LogP) is 4.82. The lowest BCUT2D eigenvalue weighted by Crippen LogP contribution is -2.24. The van der Waals surface area contributed by atoms with Crippen LogP contribution in [0.15, 0.2) is 51.1 Å². The number of furan rings is 1. The number of aryl methyl sites for hydroxylation is 1. The minimum Gasteiger partial charge on any atom is -0.461 e. The van der Waals surface area contributed by atoms with Gasteiger partial charge in [-0.3, -0.25) is 9.36 Å². The maximum atomic E-state index is 12.9. The molecule has 0 aliphatic heterocycles. The Morgan fingerprint density at radius 2 is 2.05 bits per heavy atom. The molecule has 37 heavy (non-hydrogen) atoms. The molecule has 2 fully saturated rings. The molecule has 2 aliphatic carbocycles. The van der Waals surface area contributed by atoms with Crippen LogP contribution in [0, 0.1) is 24.7 Å². The Labute approximate surface area is 222 Å². The third-order valence-corrected chi connectivity index (χ3v) is 10.7. The first-order chi connectivity index (χ1) is 17.6. The van der Waals surface area contributed by atoms with Crippen LogP contribution in [0.2, 0.25) is 0 Å². The lowest BCUT2D eigenvalue weighted by atomic mass is 9.84. The van der Waals surface area contributed by atoms with E-state index in [0.29, 0.717) is 33.9 Å². The highest BCUT2D eigenvalue weighted by Gasteiger charge is 2.43. The first-order valence-electron chi connectivity index (χ1n) is 12.6. The SMILES string of the molecule is Cc1ccc(NC(=O)CSc2nnc(-c3ccco3)n2[C@H](C)[C@@H]2C[C@H]3CC[C@H]2C3)cc1S(=O)(=O)N(C)C. The Hall–Kier alpha value is -2.63. The molecule has 1 N–H and O–H groups in total. The van der Waals surface area contributed by atoms with Crippen molar-refractivity contribution in [3.8, 4) is 11.6 Å². The second-order valence-corrected chi connectivity index (χ2v) is 13.4. The zero-order valence-electron chi connectivity index (χ0n) is 21.5. The lowest BCUT2D eigenvalue weighted by Gasteiger charge is -2.30. The van der Waals surface area contributed by atoms with E-state index >= 15 is 0 Å². The largest absolute Gasteiger partial charge is 0.461 e. The Bertz CT molecular complexity index is 1380. The van der Waals surface area contributed by atoms with E-state index in [9.17, 15) is 13.2 Å². The fourth-order valence-corrected chi connectivity index (χ4v) is 7.84. The smallest absolute Gasteiger partial charge is 0.242 e. The van der Waals surface area contributed by atoms with Gasteiger partial charge in [-0.1, -0.05) is 24.2 Å². The van der Waals surface area contributed by atoms with Crippen molar-refractivity contribution in [3.05, 3.63) is 42.2 Å². The van der Waals surface area contributed by atoms with Crippen LogP contribution in [0.3, 0.4) is 0 Å². The molecule has 2 saturated carbocycles. The van der Waals surface area contributed by atoms with Crippen molar-refractivity contribution in [1.29, 1.82) is 0 Å². The van der Waals surface area contributed by atoms with Gasteiger partial charge in [0.05, 0.1) is 16.9 Å². The molecule has 11 heteroatoms. The Morgan fingerprint density at radius 1 is 1.24 bits per heavy atom. The molecule has 0 radical (unpaired) electrons. The molecule has 2 bridgehead atoms. The third-order valence-electron chi connectivity index (χ3n) is 7.79. The van der Waals surface area contributed by atoms with E-state index in [0.717, 1.165) is 16.1 Å². The van der Waals surface area contributed by atoms with Gasteiger partial charge >= 0.3 is 0 Å². The highest BCUT2D eigenvalue weighted by molar-refractivity contribution is 7.99. The summed E-state index contributed by atoms with van der Waals surface area (Å²) in [4.78, 5) is 13.0. The summed E-state index contributed by atoms with van der Waals surface area (Å²) >= 11 is 1.33. The molecule has 2 heterocycles. The van der Waals surface area contributed by atoms with Gasteiger partial charge in [0.2, 0.25) is 21.8 Å². The minimum absolute atomic E-state index is 0.114. The molecule has 0 saturated heterocycles. The summed E-state index contributed by atoms with van der Waals surface area (Å²) < 4.78 is 34.2. The van der Waals surface area contributed by atoms with Gasteiger partial charge in [-0.2, -0.15) is 0 Å². The van der Waals surface area contributed by atoms with Crippen LogP contribution in [0.4, 0.5) is 5.69 Å². The van der Waals surface area contributed by atoms with Crippen LogP contribution in [0.1, 0.15) is 44.2 Å². The maximum absolute atomic E-state index is 12.9. The van der Waals surface area contributed by atoms with E-state index in [1.54, 1.807) is 25.3 Å². The Kier molecular flexibility index (Phi) is 7.21. The lowest BCUT2D eigenvalue weighted by molar-refractivity contribution is -0.113. The predicted molar refractivity (Wildman–Crippen MR) is 143 cm³/mol. The molecule has 0 unspecified atom stereocenters. The van der Waals surface area contributed by atoms with Gasteiger partial charge in [-0.05, 0) is 80.7 Å². The number of carbonyl (C=O) groups is 1. The molecule has 0 spiro atoms. The van der Waals surface area contributed by atoms with Gasteiger partial charge in [0, 0.05) is 25.8 Å². The van der Waals surface area contributed by atoms with Crippen LogP contribution >= 0.6 is 11.8 Å². The summed E-state index contributed by atoms with van der Waals surface area (Å²) in [5.41, 5.74) is 1.05. The fourth-order valence-electron chi connectivity index (χ4n) is 5.87. The first-order valence-corrected chi connectivity index (χ1v) is 15.0. The van der Waals surface area contributed by atoms with Gasteiger partial charge in [-0.15, -0.1) is 10.2 Å². The van der Waals surface area contributed by atoms with Crippen molar-refractivity contribution in [2.75, 3.05) is 25.2 Å². The van der Waals surface area contributed by atoms with E-state index in [-0.39, 0.29) is 22.6 Å². The number of hydrogen-bond donors (Lipinski definition) is 1. The summed E-state index contributed by atoms with van der Waals surface area (Å²) in [6.07, 6.45) is 6.77. The van der Waals surface area contributed by atoms with Crippen molar-refractivity contribution in [3.63, 3.8) is 0 Å². The molecular formula is C26H33N5O4S2. The molecule has 1 aromatic carbocycles. The number of anilines is 1. The number of thioether (sulfide) groups is 1. The van der Waals surface area contributed by atoms with Gasteiger partial charge in [0.1, 0.15) is 0 Å². The van der Waals surface area contributed by atoms with Crippen LogP contribution < -0.4 is 5.32 Å². The fraction of sp³-hybridized carbons (Fsp3) is 0.500. The maximum Gasteiger partial charge on any atom is 0.242 e. The number of aromatic nitrogens is 3. The zero-order valence-corrected chi connectivity index (χ0v) is 23.2. The molecule has 2 aromatic heterocycles. The molecule has 4 atom stereocenters. The van der Waals surface area contributed by atoms with Crippen LogP contribution in [-0.2, 0) is 14.8 Å². The van der Waals surface area contributed by atoms with E-state index in [2.05, 4.69) is 27.0 Å². The molecule has 2 aliphatic rings. The molecule has 5 rings (SSSR count). The van der Waals surface area contributed by atoms with E-state index in [4.69, 9.17) is 4.42 Å². The summed E-state index contributed by atoms with van der Waals surface area (Å²) in [6, 6.07) is 8.81. The third kappa shape index (κ3) is 5.08. The number of sulfonamides is 1. The number of hydrogen-bond acceptors (Lipinski definition) is 7. The highest BCUT2D eigenvalue weighted by atomic mass is 32.2. The van der Waals surface area contributed by atoms with Crippen molar-refractivity contribution in [2.45, 2.75) is 55.6 Å². The Morgan fingerprint density at radius 3 is 2.70 bits per heavy atom. The van der Waals surface area contributed by atoms with Crippen LogP contribution in [-0.4, -0.2) is 53.2 Å². The average Bonchev–Trinajstić information content (AvgIpc) is 3.67. The summed E-state index contributed by atoms with van der Waals surface area (Å²) in [7, 11) is -0.646.